The van der Waals surface area contributed by atoms with E-state index in [-0.39, 0.29) is 5.91 Å². The molecule has 1 aromatic carbocycles. The Balaban J connectivity index is 1.79. The molecule has 1 aromatic heterocycles. The van der Waals surface area contributed by atoms with Gasteiger partial charge in [0.1, 0.15) is 0 Å². The number of pyridine rings is 1. The first-order valence-corrected chi connectivity index (χ1v) is 7.35. The maximum atomic E-state index is 12.7. The second-order valence-corrected chi connectivity index (χ2v) is 5.30. The normalized spacial score (nSPS) is 16.3. The first kappa shape index (κ1) is 14.0. The van der Waals surface area contributed by atoms with Gasteiger partial charge in [-0.25, -0.2) is 0 Å². The summed E-state index contributed by atoms with van der Waals surface area (Å²) in [5, 5.41) is 0.925. The van der Waals surface area contributed by atoms with Crippen molar-refractivity contribution in [3.05, 3.63) is 42.1 Å². The van der Waals surface area contributed by atoms with Gasteiger partial charge in [0.05, 0.1) is 5.52 Å². The lowest BCUT2D eigenvalue weighted by molar-refractivity contribution is 0.0643. The summed E-state index contributed by atoms with van der Waals surface area (Å²) in [4.78, 5) is 21.3. The van der Waals surface area contributed by atoms with Crippen molar-refractivity contribution in [3.63, 3.8) is 0 Å². The zero-order valence-corrected chi connectivity index (χ0v) is 12.0. The van der Waals surface area contributed by atoms with Crippen molar-refractivity contribution in [1.82, 2.24) is 14.8 Å². The number of rotatable bonds is 3. The Bertz CT molecular complexity index is 630. The number of hydrogen-bond acceptors (Lipinski definition) is 4. The first-order chi connectivity index (χ1) is 10.3. The van der Waals surface area contributed by atoms with E-state index in [1.807, 2.05) is 35.2 Å². The molecule has 2 N–H and O–H groups in total. The lowest BCUT2D eigenvalue weighted by Crippen LogP contribution is -2.49. The molecule has 1 fully saturated rings. The highest BCUT2D eigenvalue weighted by atomic mass is 16.2. The van der Waals surface area contributed by atoms with Crippen molar-refractivity contribution in [3.8, 4) is 0 Å². The molecule has 5 heteroatoms. The smallest absolute Gasteiger partial charge is 0.254 e. The van der Waals surface area contributed by atoms with Gasteiger partial charge >= 0.3 is 0 Å². The van der Waals surface area contributed by atoms with Gasteiger partial charge in [-0.2, -0.15) is 0 Å². The topological polar surface area (TPSA) is 62.5 Å². The van der Waals surface area contributed by atoms with Crippen LogP contribution < -0.4 is 5.73 Å². The van der Waals surface area contributed by atoms with Crippen LogP contribution in [0.4, 0.5) is 0 Å². The van der Waals surface area contributed by atoms with Gasteiger partial charge in [-0.3, -0.25) is 14.7 Å². The number of amides is 1. The standard InChI is InChI=1S/C16H20N4O/c17-6-8-19-9-11-20(12-10-19)16(21)14-3-1-5-15-13(14)4-2-7-18-15/h1-5,7H,6,8-12,17H2. The quantitative estimate of drug-likeness (QED) is 0.911. The Labute approximate surface area is 124 Å². The number of benzene rings is 1. The van der Waals surface area contributed by atoms with Crippen LogP contribution in [0.2, 0.25) is 0 Å². The number of carbonyl (C=O) groups is 1. The minimum Gasteiger partial charge on any atom is -0.336 e. The number of nitrogens with zero attached hydrogens (tertiary/aromatic N) is 3. The van der Waals surface area contributed by atoms with Crippen LogP contribution in [-0.2, 0) is 0 Å². The van der Waals surface area contributed by atoms with Crippen LogP contribution in [0.1, 0.15) is 10.4 Å². The summed E-state index contributed by atoms with van der Waals surface area (Å²) in [5.41, 5.74) is 7.19. The fourth-order valence-electron chi connectivity index (χ4n) is 2.82. The summed E-state index contributed by atoms with van der Waals surface area (Å²) >= 11 is 0. The molecule has 0 bridgehead atoms. The molecule has 0 spiro atoms. The van der Waals surface area contributed by atoms with Gasteiger partial charge in [0.15, 0.2) is 0 Å². The number of carbonyl (C=O) groups excluding carboxylic acids is 1. The summed E-state index contributed by atoms with van der Waals surface area (Å²) in [5.74, 6) is 0.0981. The number of piperazine rings is 1. The first-order valence-electron chi connectivity index (χ1n) is 7.35. The number of hydrogen-bond donors (Lipinski definition) is 1. The van der Waals surface area contributed by atoms with Crippen molar-refractivity contribution in [2.75, 3.05) is 39.3 Å². The lowest BCUT2D eigenvalue weighted by Gasteiger charge is -2.34. The van der Waals surface area contributed by atoms with Crippen molar-refractivity contribution < 1.29 is 4.79 Å². The number of aromatic nitrogens is 1. The van der Waals surface area contributed by atoms with E-state index in [2.05, 4.69) is 9.88 Å². The largest absolute Gasteiger partial charge is 0.336 e. The molecule has 3 rings (SSSR count). The SMILES string of the molecule is NCCN1CCN(C(=O)c2cccc3ncccc23)CC1. The van der Waals surface area contributed by atoms with E-state index >= 15 is 0 Å². The van der Waals surface area contributed by atoms with Crippen molar-refractivity contribution >= 4 is 16.8 Å². The van der Waals surface area contributed by atoms with E-state index in [0.717, 1.165) is 49.2 Å². The second kappa shape index (κ2) is 6.20. The van der Waals surface area contributed by atoms with Gasteiger partial charge in [-0.15, -0.1) is 0 Å². The molecule has 0 atom stereocenters. The third-order valence-electron chi connectivity index (χ3n) is 3.98. The fourth-order valence-corrected chi connectivity index (χ4v) is 2.82. The van der Waals surface area contributed by atoms with E-state index in [9.17, 15) is 4.79 Å². The van der Waals surface area contributed by atoms with E-state index in [0.29, 0.717) is 6.54 Å². The van der Waals surface area contributed by atoms with Gasteiger partial charge in [-0.1, -0.05) is 12.1 Å². The maximum Gasteiger partial charge on any atom is 0.254 e. The van der Waals surface area contributed by atoms with Gasteiger partial charge < -0.3 is 10.6 Å². The number of nitrogens with two attached hydrogens (primary N) is 1. The highest BCUT2D eigenvalue weighted by Crippen LogP contribution is 2.19. The van der Waals surface area contributed by atoms with Gasteiger partial charge in [0.25, 0.3) is 5.91 Å². The molecule has 21 heavy (non-hydrogen) atoms. The third-order valence-corrected chi connectivity index (χ3v) is 3.98. The minimum atomic E-state index is 0.0981. The van der Waals surface area contributed by atoms with Gasteiger partial charge in [0.2, 0.25) is 0 Å². The Hall–Kier alpha value is -1.98. The molecule has 110 valence electrons. The Morgan fingerprint density at radius 2 is 1.95 bits per heavy atom. The lowest BCUT2D eigenvalue weighted by atomic mass is 10.1. The molecule has 5 nitrogen and oxygen atoms in total. The molecule has 0 saturated carbocycles. The zero-order valence-electron chi connectivity index (χ0n) is 12.0. The predicted molar refractivity (Wildman–Crippen MR) is 83.1 cm³/mol. The average Bonchev–Trinajstić information content (AvgIpc) is 2.55. The number of fused-ring (bicyclic) bond motifs is 1. The molecule has 2 heterocycles. The van der Waals surface area contributed by atoms with E-state index in [1.165, 1.54) is 0 Å². The van der Waals surface area contributed by atoms with Crippen LogP contribution >= 0.6 is 0 Å². The summed E-state index contributed by atoms with van der Waals surface area (Å²) in [7, 11) is 0. The molecule has 0 aliphatic carbocycles. The van der Waals surface area contributed by atoms with Crippen LogP contribution in [0, 0.1) is 0 Å². The Kier molecular flexibility index (Phi) is 4.13. The molecule has 0 radical (unpaired) electrons. The zero-order chi connectivity index (χ0) is 14.7. The monoisotopic (exact) mass is 284 g/mol. The summed E-state index contributed by atoms with van der Waals surface area (Å²) in [6.07, 6.45) is 1.75. The van der Waals surface area contributed by atoms with Crippen LogP contribution in [0.3, 0.4) is 0 Å². The fraction of sp³-hybridized carbons (Fsp3) is 0.375. The maximum absolute atomic E-state index is 12.7. The van der Waals surface area contributed by atoms with Crippen molar-refractivity contribution in [1.29, 1.82) is 0 Å². The summed E-state index contributed by atoms with van der Waals surface area (Å²) in [6, 6.07) is 9.55. The molecular formula is C16H20N4O. The molecule has 1 saturated heterocycles. The Morgan fingerprint density at radius 3 is 2.71 bits per heavy atom. The van der Waals surface area contributed by atoms with E-state index in [4.69, 9.17) is 5.73 Å². The minimum absolute atomic E-state index is 0.0981. The second-order valence-electron chi connectivity index (χ2n) is 5.30. The van der Waals surface area contributed by atoms with Crippen molar-refractivity contribution in [2.45, 2.75) is 0 Å². The van der Waals surface area contributed by atoms with Crippen LogP contribution in [0.5, 0.6) is 0 Å². The van der Waals surface area contributed by atoms with Crippen LogP contribution in [0.15, 0.2) is 36.5 Å². The van der Waals surface area contributed by atoms with E-state index in [1.54, 1.807) is 6.20 Å². The third kappa shape index (κ3) is 2.89. The van der Waals surface area contributed by atoms with Crippen LogP contribution in [-0.4, -0.2) is 60.0 Å². The molecule has 1 aliphatic heterocycles. The van der Waals surface area contributed by atoms with Crippen molar-refractivity contribution in [2.24, 2.45) is 5.73 Å². The highest BCUT2D eigenvalue weighted by molar-refractivity contribution is 6.06. The van der Waals surface area contributed by atoms with E-state index < -0.39 is 0 Å². The Morgan fingerprint density at radius 1 is 1.14 bits per heavy atom. The van der Waals surface area contributed by atoms with Gasteiger partial charge in [-0.05, 0) is 18.2 Å². The molecule has 1 aliphatic rings. The molecular weight excluding hydrogens is 264 g/mol. The predicted octanol–water partition coefficient (Wildman–Crippen LogP) is 0.951. The summed E-state index contributed by atoms with van der Waals surface area (Å²) < 4.78 is 0. The highest BCUT2D eigenvalue weighted by Gasteiger charge is 2.22. The molecule has 0 unspecified atom stereocenters. The summed E-state index contributed by atoms with van der Waals surface area (Å²) in [6.45, 7) is 4.88. The molecule has 1 amide bonds. The average molecular weight is 284 g/mol. The van der Waals surface area contributed by atoms with Crippen LogP contribution in [0.25, 0.3) is 10.9 Å². The molecule has 2 aromatic rings. The van der Waals surface area contributed by atoms with Gasteiger partial charge in [0, 0.05) is 56.4 Å².